The zero-order valence-corrected chi connectivity index (χ0v) is 11.8. The van der Waals surface area contributed by atoms with Crippen LogP contribution in [-0.2, 0) is 11.3 Å². The highest BCUT2D eigenvalue weighted by Crippen LogP contribution is 2.44. The van der Waals surface area contributed by atoms with E-state index in [0.29, 0.717) is 12.6 Å². The summed E-state index contributed by atoms with van der Waals surface area (Å²) in [6.45, 7) is 1.97. The topological polar surface area (TPSA) is 55.6 Å². The van der Waals surface area contributed by atoms with E-state index in [9.17, 15) is 4.79 Å². The van der Waals surface area contributed by atoms with Crippen molar-refractivity contribution in [2.24, 2.45) is 11.1 Å². The molecule has 2 atom stereocenters. The number of ether oxygens (including phenoxy) is 1. The van der Waals surface area contributed by atoms with Gasteiger partial charge in [-0.05, 0) is 36.7 Å². The molecule has 1 amide bonds. The zero-order valence-electron chi connectivity index (χ0n) is 11.8. The first-order valence-corrected chi connectivity index (χ1v) is 7.38. The average Bonchev–Trinajstić information content (AvgIpc) is 3.04. The molecular formula is C16H22N2O2. The SMILES string of the molecule is NC1CCC2(CCN(C(=O)OCc3ccccc3)C2)C1. The molecule has 1 saturated carbocycles. The molecule has 0 radical (unpaired) electrons. The molecule has 2 fully saturated rings. The maximum Gasteiger partial charge on any atom is 0.410 e. The molecule has 108 valence electrons. The summed E-state index contributed by atoms with van der Waals surface area (Å²) in [5.74, 6) is 0. The van der Waals surface area contributed by atoms with Crippen LogP contribution in [0.25, 0.3) is 0 Å². The minimum atomic E-state index is -0.189. The number of nitrogens with two attached hydrogens (primary N) is 1. The molecule has 1 aliphatic carbocycles. The van der Waals surface area contributed by atoms with E-state index in [1.807, 2.05) is 35.2 Å². The Morgan fingerprint density at radius 1 is 1.35 bits per heavy atom. The third-order valence-electron chi connectivity index (χ3n) is 4.64. The Bertz CT molecular complexity index is 477. The molecule has 1 spiro atoms. The minimum Gasteiger partial charge on any atom is -0.445 e. The summed E-state index contributed by atoms with van der Waals surface area (Å²) < 4.78 is 5.40. The number of nitrogens with zero attached hydrogens (tertiary/aromatic N) is 1. The van der Waals surface area contributed by atoms with Gasteiger partial charge in [0.1, 0.15) is 6.61 Å². The molecule has 1 aromatic rings. The molecule has 0 aromatic heterocycles. The van der Waals surface area contributed by atoms with Crippen LogP contribution >= 0.6 is 0 Å². The van der Waals surface area contributed by atoms with Crippen LogP contribution in [0.5, 0.6) is 0 Å². The molecule has 1 heterocycles. The van der Waals surface area contributed by atoms with Gasteiger partial charge in [-0.25, -0.2) is 4.79 Å². The van der Waals surface area contributed by atoms with Crippen molar-refractivity contribution in [3.05, 3.63) is 35.9 Å². The van der Waals surface area contributed by atoms with E-state index in [1.165, 1.54) is 0 Å². The van der Waals surface area contributed by atoms with Gasteiger partial charge in [0.2, 0.25) is 0 Å². The largest absolute Gasteiger partial charge is 0.445 e. The fourth-order valence-corrected chi connectivity index (χ4v) is 3.52. The van der Waals surface area contributed by atoms with Crippen molar-refractivity contribution in [1.29, 1.82) is 0 Å². The summed E-state index contributed by atoms with van der Waals surface area (Å²) in [4.78, 5) is 14.0. The van der Waals surface area contributed by atoms with Crippen molar-refractivity contribution in [2.75, 3.05) is 13.1 Å². The first-order chi connectivity index (χ1) is 9.67. The van der Waals surface area contributed by atoms with Crippen LogP contribution in [0.3, 0.4) is 0 Å². The van der Waals surface area contributed by atoms with Crippen molar-refractivity contribution >= 4 is 6.09 Å². The van der Waals surface area contributed by atoms with Crippen LogP contribution in [-0.4, -0.2) is 30.1 Å². The Balaban J connectivity index is 1.52. The number of carbonyl (C=O) groups is 1. The van der Waals surface area contributed by atoms with Gasteiger partial charge in [0.15, 0.2) is 0 Å². The summed E-state index contributed by atoms with van der Waals surface area (Å²) in [6, 6.07) is 10.1. The molecule has 0 bridgehead atoms. The standard InChI is InChI=1S/C16H22N2O2/c17-14-6-7-16(10-14)8-9-18(12-16)15(19)20-11-13-4-2-1-3-5-13/h1-5,14H,6-12,17H2. The first-order valence-electron chi connectivity index (χ1n) is 7.38. The lowest BCUT2D eigenvalue weighted by Crippen LogP contribution is -2.32. The van der Waals surface area contributed by atoms with Crippen LogP contribution in [0.4, 0.5) is 4.79 Å². The van der Waals surface area contributed by atoms with E-state index in [1.54, 1.807) is 0 Å². The first kappa shape index (κ1) is 13.4. The average molecular weight is 274 g/mol. The third kappa shape index (κ3) is 2.80. The van der Waals surface area contributed by atoms with Gasteiger partial charge >= 0.3 is 6.09 Å². The van der Waals surface area contributed by atoms with E-state index < -0.39 is 0 Å². The number of carbonyl (C=O) groups excluding carboxylic acids is 1. The number of amides is 1. The molecule has 4 heteroatoms. The van der Waals surface area contributed by atoms with Crippen LogP contribution in [0, 0.1) is 5.41 Å². The number of likely N-dealkylation sites (tertiary alicyclic amines) is 1. The predicted octanol–water partition coefficient (Wildman–Crippen LogP) is 2.53. The summed E-state index contributed by atoms with van der Waals surface area (Å²) in [5.41, 5.74) is 7.31. The van der Waals surface area contributed by atoms with Crippen molar-refractivity contribution < 1.29 is 9.53 Å². The molecule has 2 unspecified atom stereocenters. The number of hydrogen-bond acceptors (Lipinski definition) is 3. The van der Waals surface area contributed by atoms with E-state index in [4.69, 9.17) is 10.5 Å². The Hall–Kier alpha value is -1.55. The van der Waals surface area contributed by atoms with Gasteiger partial charge < -0.3 is 15.4 Å². The molecule has 3 rings (SSSR count). The fourth-order valence-electron chi connectivity index (χ4n) is 3.52. The highest BCUT2D eigenvalue weighted by molar-refractivity contribution is 5.68. The Morgan fingerprint density at radius 3 is 2.85 bits per heavy atom. The van der Waals surface area contributed by atoms with Gasteiger partial charge in [0, 0.05) is 19.1 Å². The van der Waals surface area contributed by atoms with Crippen LogP contribution in [0.2, 0.25) is 0 Å². The second kappa shape index (κ2) is 5.44. The molecule has 1 aromatic carbocycles. The van der Waals surface area contributed by atoms with E-state index in [2.05, 4.69) is 0 Å². The quantitative estimate of drug-likeness (QED) is 0.901. The van der Waals surface area contributed by atoms with E-state index in [-0.39, 0.29) is 11.5 Å². The van der Waals surface area contributed by atoms with Crippen molar-refractivity contribution in [3.63, 3.8) is 0 Å². The third-order valence-corrected chi connectivity index (χ3v) is 4.64. The molecular weight excluding hydrogens is 252 g/mol. The summed E-state index contributed by atoms with van der Waals surface area (Å²) in [6.07, 6.45) is 4.17. The van der Waals surface area contributed by atoms with Gasteiger partial charge in [-0.3, -0.25) is 0 Å². The monoisotopic (exact) mass is 274 g/mol. The highest BCUT2D eigenvalue weighted by atomic mass is 16.6. The molecule has 20 heavy (non-hydrogen) atoms. The molecule has 2 aliphatic rings. The van der Waals surface area contributed by atoms with Gasteiger partial charge in [-0.1, -0.05) is 30.3 Å². The number of benzene rings is 1. The summed E-state index contributed by atoms with van der Waals surface area (Å²) >= 11 is 0. The Labute approximate surface area is 119 Å². The summed E-state index contributed by atoms with van der Waals surface area (Å²) in [7, 11) is 0. The molecule has 1 aliphatic heterocycles. The van der Waals surface area contributed by atoms with Crippen molar-refractivity contribution in [2.45, 2.75) is 38.3 Å². The lowest BCUT2D eigenvalue weighted by Gasteiger charge is -2.23. The van der Waals surface area contributed by atoms with Crippen LogP contribution in [0.15, 0.2) is 30.3 Å². The molecule has 2 N–H and O–H groups in total. The second-order valence-corrected chi connectivity index (χ2v) is 6.21. The molecule has 1 saturated heterocycles. The Kier molecular flexibility index (Phi) is 3.66. The number of rotatable bonds is 2. The number of hydrogen-bond donors (Lipinski definition) is 1. The lowest BCUT2D eigenvalue weighted by atomic mass is 9.85. The van der Waals surface area contributed by atoms with Gasteiger partial charge in [-0.15, -0.1) is 0 Å². The maximum absolute atomic E-state index is 12.1. The van der Waals surface area contributed by atoms with Gasteiger partial charge in [0.05, 0.1) is 0 Å². The highest BCUT2D eigenvalue weighted by Gasteiger charge is 2.44. The van der Waals surface area contributed by atoms with Crippen molar-refractivity contribution in [3.8, 4) is 0 Å². The van der Waals surface area contributed by atoms with E-state index in [0.717, 1.165) is 44.3 Å². The predicted molar refractivity (Wildman–Crippen MR) is 77.1 cm³/mol. The van der Waals surface area contributed by atoms with Crippen molar-refractivity contribution in [1.82, 2.24) is 4.90 Å². The van der Waals surface area contributed by atoms with Crippen LogP contribution in [0.1, 0.15) is 31.2 Å². The lowest BCUT2D eigenvalue weighted by molar-refractivity contribution is 0.0996. The molecule has 4 nitrogen and oxygen atoms in total. The smallest absolute Gasteiger partial charge is 0.410 e. The second-order valence-electron chi connectivity index (χ2n) is 6.21. The fraction of sp³-hybridized carbons (Fsp3) is 0.562. The van der Waals surface area contributed by atoms with Crippen LogP contribution < -0.4 is 5.73 Å². The minimum absolute atomic E-state index is 0.189. The van der Waals surface area contributed by atoms with E-state index >= 15 is 0 Å². The van der Waals surface area contributed by atoms with Gasteiger partial charge in [0.25, 0.3) is 0 Å². The van der Waals surface area contributed by atoms with Gasteiger partial charge in [-0.2, -0.15) is 0 Å². The maximum atomic E-state index is 12.1. The normalized spacial score (nSPS) is 29.1. The zero-order chi connectivity index (χ0) is 14.0. The summed E-state index contributed by atoms with van der Waals surface area (Å²) in [5, 5.41) is 0. The Morgan fingerprint density at radius 2 is 2.15 bits per heavy atom.